The number of nitrogens with zero attached hydrogens (tertiary/aromatic N) is 1. The summed E-state index contributed by atoms with van der Waals surface area (Å²) in [6, 6.07) is 10.6. The Bertz CT molecular complexity index is 619. The van der Waals surface area contributed by atoms with Gasteiger partial charge in [0.1, 0.15) is 11.8 Å². The topological polar surface area (TPSA) is 60.5 Å². The summed E-state index contributed by atoms with van der Waals surface area (Å²) in [5.41, 5.74) is 0.344. The fourth-order valence-corrected chi connectivity index (χ4v) is 1.92. The van der Waals surface area contributed by atoms with E-state index in [0.29, 0.717) is 30.2 Å². The van der Waals surface area contributed by atoms with Gasteiger partial charge in [-0.05, 0) is 24.3 Å². The van der Waals surface area contributed by atoms with Crippen LogP contribution in [0.15, 0.2) is 42.6 Å². The van der Waals surface area contributed by atoms with Crippen molar-refractivity contribution in [2.45, 2.75) is 0 Å². The van der Waals surface area contributed by atoms with Gasteiger partial charge >= 0.3 is 0 Å². The van der Waals surface area contributed by atoms with Gasteiger partial charge in [0, 0.05) is 6.20 Å². The number of halogens is 1. The van der Waals surface area contributed by atoms with Gasteiger partial charge in [-0.25, -0.2) is 4.98 Å². The summed E-state index contributed by atoms with van der Waals surface area (Å²) >= 11 is 5.85. The molecule has 0 atom stereocenters. The molecule has 0 bridgehead atoms. The van der Waals surface area contributed by atoms with Crippen molar-refractivity contribution in [3.05, 3.63) is 53.3 Å². The maximum absolute atomic E-state index is 11.9. The lowest BCUT2D eigenvalue weighted by molar-refractivity contribution is 0.0946. The number of carbonyl (C=O) groups excluding carboxylic acids is 1. The molecule has 110 valence electrons. The van der Waals surface area contributed by atoms with Gasteiger partial charge in [-0.1, -0.05) is 23.7 Å². The van der Waals surface area contributed by atoms with E-state index in [4.69, 9.17) is 21.1 Å². The third-order valence-corrected chi connectivity index (χ3v) is 3.02. The van der Waals surface area contributed by atoms with E-state index in [0.717, 1.165) is 0 Å². The molecule has 1 aromatic carbocycles. The number of methoxy groups -OCH3 is 1. The maximum Gasteiger partial charge on any atom is 0.254 e. The third-order valence-electron chi connectivity index (χ3n) is 2.72. The number of hydrogen-bond acceptors (Lipinski definition) is 4. The molecule has 2 rings (SSSR count). The van der Waals surface area contributed by atoms with Crippen LogP contribution in [0.1, 0.15) is 10.4 Å². The van der Waals surface area contributed by atoms with Crippen molar-refractivity contribution in [1.82, 2.24) is 10.3 Å². The SMILES string of the molecule is COc1ccccc1OCCNC(=O)c1cccnc1Cl. The minimum atomic E-state index is -0.281. The number of rotatable bonds is 6. The first-order chi connectivity index (χ1) is 10.2. The quantitative estimate of drug-likeness (QED) is 0.658. The molecule has 1 heterocycles. The van der Waals surface area contributed by atoms with Gasteiger partial charge in [0.15, 0.2) is 11.5 Å². The van der Waals surface area contributed by atoms with Crippen molar-refractivity contribution in [1.29, 1.82) is 0 Å². The van der Waals surface area contributed by atoms with E-state index in [1.165, 1.54) is 6.20 Å². The predicted octanol–water partition coefficient (Wildman–Crippen LogP) is 2.55. The lowest BCUT2D eigenvalue weighted by Gasteiger charge is -2.11. The number of aromatic nitrogens is 1. The second-order valence-corrected chi connectivity index (χ2v) is 4.46. The highest BCUT2D eigenvalue weighted by molar-refractivity contribution is 6.32. The zero-order valence-corrected chi connectivity index (χ0v) is 12.3. The molecule has 21 heavy (non-hydrogen) atoms. The van der Waals surface area contributed by atoms with Crippen molar-refractivity contribution >= 4 is 17.5 Å². The number of ether oxygens (including phenoxy) is 2. The van der Waals surface area contributed by atoms with Crippen LogP contribution in [-0.4, -0.2) is 31.2 Å². The molecule has 1 aromatic heterocycles. The average molecular weight is 307 g/mol. The summed E-state index contributed by atoms with van der Waals surface area (Å²) in [5.74, 6) is 1.00. The Morgan fingerprint density at radius 2 is 2.00 bits per heavy atom. The lowest BCUT2D eigenvalue weighted by atomic mass is 10.2. The fraction of sp³-hybridized carbons (Fsp3) is 0.200. The van der Waals surface area contributed by atoms with Gasteiger partial charge in [0.05, 0.1) is 19.2 Å². The Morgan fingerprint density at radius 1 is 1.24 bits per heavy atom. The van der Waals surface area contributed by atoms with Crippen molar-refractivity contribution in [3.8, 4) is 11.5 Å². The fourth-order valence-electron chi connectivity index (χ4n) is 1.71. The van der Waals surface area contributed by atoms with Crippen LogP contribution in [0.2, 0.25) is 5.15 Å². The molecule has 2 aromatic rings. The summed E-state index contributed by atoms with van der Waals surface area (Å²) in [7, 11) is 1.58. The second kappa shape index (κ2) is 7.50. The van der Waals surface area contributed by atoms with Crippen LogP contribution >= 0.6 is 11.6 Å². The smallest absolute Gasteiger partial charge is 0.254 e. The Balaban J connectivity index is 1.82. The minimum absolute atomic E-state index is 0.181. The van der Waals surface area contributed by atoms with Gasteiger partial charge in [0.2, 0.25) is 0 Å². The number of carbonyl (C=O) groups is 1. The van der Waals surface area contributed by atoms with Crippen LogP contribution < -0.4 is 14.8 Å². The van der Waals surface area contributed by atoms with Crippen molar-refractivity contribution < 1.29 is 14.3 Å². The van der Waals surface area contributed by atoms with Crippen LogP contribution in [0.3, 0.4) is 0 Å². The Labute approximate surface area is 127 Å². The molecule has 1 amide bonds. The van der Waals surface area contributed by atoms with Crippen molar-refractivity contribution in [2.75, 3.05) is 20.3 Å². The summed E-state index contributed by atoms with van der Waals surface area (Å²) in [4.78, 5) is 15.7. The second-order valence-electron chi connectivity index (χ2n) is 4.10. The first-order valence-corrected chi connectivity index (χ1v) is 6.74. The normalized spacial score (nSPS) is 10.0. The molecule has 0 aliphatic carbocycles. The maximum atomic E-state index is 11.9. The van der Waals surface area contributed by atoms with E-state index >= 15 is 0 Å². The minimum Gasteiger partial charge on any atom is -0.493 e. The van der Waals surface area contributed by atoms with Gasteiger partial charge in [-0.3, -0.25) is 4.79 Å². The number of hydrogen-bond donors (Lipinski definition) is 1. The van der Waals surface area contributed by atoms with Crippen molar-refractivity contribution in [2.24, 2.45) is 0 Å². The zero-order chi connectivity index (χ0) is 15.1. The lowest BCUT2D eigenvalue weighted by Crippen LogP contribution is -2.28. The molecule has 0 saturated carbocycles. The molecule has 0 fully saturated rings. The van der Waals surface area contributed by atoms with Gasteiger partial charge < -0.3 is 14.8 Å². The summed E-state index contributed by atoms with van der Waals surface area (Å²) < 4.78 is 10.7. The molecule has 0 unspecified atom stereocenters. The monoisotopic (exact) mass is 306 g/mol. The number of pyridine rings is 1. The Kier molecular flexibility index (Phi) is 5.40. The third kappa shape index (κ3) is 4.10. The van der Waals surface area contributed by atoms with Gasteiger partial charge in [-0.2, -0.15) is 0 Å². The molecule has 0 radical (unpaired) electrons. The van der Waals surface area contributed by atoms with E-state index < -0.39 is 0 Å². The molecular formula is C15H15ClN2O3. The number of para-hydroxylation sites is 2. The molecular weight excluding hydrogens is 292 g/mol. The summed E-state index contributed by atoms with van der Waals surface area (Å²) in [5, 5.41) is 2.90. The Hall–Kier alpha value is -2.27. The predicted molar refractivity (Wildman–Crippen MR) is 80.1 cm³/mol. The highest BCUT2D eigenvalue weighted by Crippen LogP contribution is 2.25. The largest absolute Gasteiger partial charge is 0.493 e. The molecule has 0 aliphatic heterocycles. The van der Waals surface area contributed by atoms with E-state index in [-0.39, 0.29) is 11.1 Å². The van der Waals surface area contributed by atoms with Crippen LogP contribution in [0.4, 0.5) is 0 Å². The molecule has 1 N–H and O–H groups in total. The average Bonchev–Trinajstić information content (AvgIpc) is 2.52. The molecule has 6 heteroatoms. The number of amides is 1. The van der Waals surface area contributed by atoms with Gasteiger partial charge in [-0.15, -0.1) is 0 Å². The molecule has 0 saturated heterocycles. The highest BCUT2D eigenvalue weighted by Gasteiger charge is 2.10. The van der Waals surface area contributed by atoms with Crippen LogP contribution in [-0.2, 0) is 0 Å². The van der Waals surface area contributed by atoms with Crippen LogP contribution in [0, 0.1) is 0 Å². The van der Waals surface area contributed by atoms with E-state index in [1.807, 2.05) is 18.2 Å². The van der Waals surface area contributed by atoms with E-state index in [1.54, 1.807) is 25.3 Å². The van der Waals surface area contributed by atoms with E-state index in [9.17, 15) is 4.79 Å². The Morgan fingerprint density at radius 3 is 2.71 bits per heavy atom. The number of nitrogens with one attached hydrogen (secondary N) is 1. The zero-order valence-electron chi connectivity index (χ0n) is 11.5. The van der Waals surface area contributed by atoms with Crippen molar-refractivity contribution in [3.63, 3.8) is 0 Å². The molecule has 0 aliphatic rings. The van der Waals surface area contributed by atoms with Gasteiger partial charge in [0.25, 0.3) is 5.91 Å². The van der Waals surface area contributed by atoms with E-state index in [2.05, 4.69) is 10.3 Å². The summed E-state index contributed by atoms with van der Waals surface area (Å²) in [6.45, 7) is 0.673. The molecule has 0 spiro atoms. The first-order valence-electron chi connectivity index (χ1n) is 6.37. The van der Waals surface area contributed by atoms with Crippen LogP contribution in [0.25, 0.3) is 0 Å². The van der Waals surface area contributed by atoms with Crippen LogP contribution in [0.5, 0.6) is 11.5 Å². The standard InChI is InChI=1S/C15H15ClN2O3/c1-20-12-6-2-3-7-13(12)21-10-9-18-15(19)11-5-4-8-17-14(11)16/h2-8H,9-10H2,1H3,(H,18,19). The molecule has 5 nitrogen and oxygen atoms in total. The first kappa shape index (κ1) is 15.1. The summed E-state index contributed by atoms with van der Waals surface area (Å²) in [6.07, 6.45) is 1.53. The highest BCUT2D eigenvalue weighted by atomic mass is 35.5. The number of benzene rings is 1.